The van der Waals surface area contributed by atoms with Crippen molar-refractivity contribution in [1.29, 1.82) is 0 Å². The molecule has 0 saturated carbocycles. The van der Waals surface area contributed by atoms with E-state index in [0.717, 1.165) is 40.2 Å². The third-order valence-corrected chi connectivity index (χ3v) is 3.78. The summed E-state index contributed by atoms with van der Waals surface area (Å²) in [5.41, 5.74) is 2.88. The molecule has 0 bridgehead atoms. The predicted octanol–water partition coefficient (Wildman–Crippen LogP) is 3.45. The highest BCUT2D eigenvalue weighted by atomic mass is 127. The van der Waals surface area contributed by atoms with Crippen LogP contribution in [0, 0.1) is 3.83 Å². The molecule has 0 aliphatic rings. The molecule has 0 aliphatic carbocycles. The van der Waals surface area contributed by atoms with Crippen molar-refractivity contribution in [1.82, 2.24) is 9.55 Å². The lowest BCUT2D eigenvalue weighted by Gasteiger charge is -2.08. The SMILES string of the molecule is CCCCn1c(I)nc(-c2ccccc2)c1CO. The fourth-order valence-electron chi connectivity index (χ4n) is 1.99. The van der Waals surface area contributed by atoms with Crippen LogP contribution < -0.4 is 0 Å². The van der Waals surface area contributed by atoms with Gasteiger partial charge in [0.15, 0.2) is 3.83 Å². The Labute approximate surface area is 121 Å². The number of aromatic nitrogens is 2. The van der Waals surface area contributed by atoms with Crippen molar-refractivity contribution in [2.75, 3.05) is 0 Å². The van der Waals surface area contributed by atoms with Crippen LogP contribution in [0.1, 0.15) is 25.5 Å². The zero-order valence-electron chi connectivity index (χ0n) is 10.4. The Bertz CT molecular complexity index is 508. The Balaban J connectivity index is 2.43. The van der Waals surface area contributed by atoms with Gasteiger partial charge >= 0.3 is 0 Å². The van der Waals surface area contributed by atoms with Gasteiger partial charge in [-0.25, -0.2) is 4.98 Å². The summed E-state index contributed by atoms with van der Waals surface area (Å²) < 4.78 is 3.07. The average Bonchev–Trinajstić information content (AvgIpc) is 2.73. The number of aliphatic hydroxyl groups excluding tert-OH is 1. The van der Waals surface area contributed by atoms with Gasteiger partial charge in [-0.3, -0.25) is 0 Å². The molecule has 2 aromatic rings. The van der Waals surface area contributed by atoms with Crippen LogP contribution >= 0.6 is 22.6 Å². The number of hydrogen-bond donors (Lipinski definition) is 1. The van der Waals surface area contributed by atoms with E-state index < -0.39 is 0 Å². The number of benzene rings is 1. The van der Waals surface area contributed by atoms with E-state index in [2.05, 4.69) is 39.1 Å². The van der Waals surface area contributed by atoms with E-state index in [4.69, 9.17) is 0 Å². The number of nitrogens with zero attached hydrogens (tertiary/aromatic N) is 2. The van der Waals surface area contributed by atoms with E-state index >= 15 is 0 Å². The molecule has 0 atom stereocenters. The van der Waals surface area contributed by atoms with Gasteiger partial charge in [0.1, 0.15) is 0 Å². The van der Waals surface area contributed by atoms with Crippen molar-refractivity contribution in [3.8, 4) is 11.3 Å². The molecule has 96 valence electrons. The van der Waals surface area contributed by atoms with Gasteiger partial charge in [-0.2, -0.15) is 0 Å². The van der Waals surface area contributed by atoms with Gasteiger partial charge in [0, 0.05) is 12.1 Å². The highest BCUT2D eigenvalue weighted by Crippen LogP contribution is 2.25. The molecule has 0 aliphatic heterocycles. The Kier molecular flexibility index (Phi) is 4.77. The lowest BCUT2D eigenvalue weighted by Crippen LogP contribution is -2.05. The number of aliphatic hydroxyl groups is 1. The number of unbranched alkanes of at least 4 members (excludes halogenated alkanes) is 1. The zero-order valence-corrected chi connectivity index (χ0v) is 12.6. The summed E-state index contributed by atoms with van der Waals surface area (Å²) in [4.78, 5) is 4.59. The molecule has 1 heterocycles. The van der Waals surface area contributed by atoms with E-state index in [1.165, 1.54) is 0 Å². The summed E-state index contributed by atoms with van der Waals surface area (Å²) in [6, 6.07) is 10.0. The number of rotatable bonds is 5. The first-order valence-corrected chi connectivity index (χ1v) is 7.27. The quantitative estimate of drug-likeness (QED) is 0.834. The highest BCUT2D eigenvalue weighted by molar-refractivity contribution is 14.1. The third-order valence-electron chi connectivity index (χ3n) is 2.96. The first-order valence-electron chi connectivity index (χ1n) is 6.19. The Morgan fingerprint density at radius 2 is 2.00 bits per heavy atom. The largest absolute Gasteiger partial charge is 0.390 e. The van der Waals surface area contributed by atoms with Gasteiger partial charge in [0.2, 0.25) is 0 Å². The summed E-state index contributed by atoms with van der Waals surface area (Å²) in [6.45, 7) is 3.12. The second-order valence-electron chi connectivity index (χ2n) is 4.21. The molecule has 0 unspecified atom stereocenters. The van der Waals surface area contributed by atoms with Crippen molar-refractivity contribution >= 4 is 22.6 Å². The first-order chi connectivity index (χ1) is 8.77. The van der Waals surface area contributed by atoms with Crippen molar-refractivity contribution in [2.45, 2.75) is 32.9 Å². The van der Waals surface area contributed by atoms with Crippen LogP contribution in [0.3, 0.4) is 0 Å². The molecule has 0 amide bonds. The number of imidazole rings is 1. The van der Waals surface area contributed by atoms with Gasteiger partial charge < -0.3 is 9.67 Å². The second kappa shape index (κ2) is 6.33. The molecule has 0 saturated heterocycles. The topological polar surface area (TPSA) is 38.0 Å². The Hall–Kier alpha value is -0.880. The predicted molar refractivity (Wildman–Crippen MR) is 81.2 cm³/mol. The number of hydrogen-bond acceptors (Lipinski definition) is 2. The molecular weight excluding hydrogens is 339 g/mol. The van der Waals surface area contributed by atoms with Gasteiger partial charge in [-0.05, 0) is 29.0 Å². The number of halogens is 1. The van der Waals surface area contributed by atoms with E-state index in [-0.39, 0.29) is 6.61 Å². The molecule has 1 aromatic heterocycles. The smallest absolute Gasteiger partial charge is 0.172 e. The van der Waals surface area contributed by atoms with E-state index in [1.807, 2.05) is 30.3 Å². The van der Waals surface area contributed by atoms with Crippen LogP contribution in [0.5, 0.6) is 0 Å². The molecule has 0 radical (unpaired) electrons. The van der Waals surface area contributed by atoms with Gasteiger partial charge in [0.25, 0.3) is 0 Å². The molecular formula is C14H17IN2O. The average molecular weight is 356 g/mol. The Morgan fingerprint density at radius 1 is 1.28 bits per heavy atom. The fourth-order valence-corrected chi connectivity index (χ4v) is 2.76. The monoisotopic (exact) mass is 356 g/mol. The van der Waals surface area contributed by atoms with Gasteiger partial charge in [-0.1, -0.05) is 43.7 Å². The van der Waals surface area contributed by atoms with Crippen molar-refractivity contribution in [2.24, 2.45) is 0 Å². The molecule has 2 rings (SSSR count). The van der Waals surface area contributed by atoms with E-state index in [9.17, 15) is 5.11 Å². The summed E-state index contributed by atoms with van der Waals surface area (Å²) in [5, 5.41) is 9.61. The fraction of sp³-hybridized carbons (Fsp3) is 0.357. The molecule has 3 nitrogen and oxygen atoms in total. The standard InChI is InChI=1S/C14H17IN2O/c1-2-3-9-17-12(10-18)13(16-14(17)15)11-7-5-4-6-8-11/h4-8,18H,2-3,9-10H2,1H3. The van der Waals surface area contributed by atoms with Crippen LogP contribution in [0.25, 0.3) is 11.3 Å². The van der Waals surface area contributed by atoms with Crippen LogP contribution in [0.15, 0.2) is 30.3 Å². The minimum absolute atomic E-state index is 0.0317. The Morgan fingerprint density at radius 3 is 2.61 bits per heavy atom. The minimum atomic E-state index is 0.0317. The van der Waals surface area contributed by atoms with Crippen molar-refractivity contribution in [3.63, 3.8) is 0 Å². The maximum absolute atomic E-state index is 9.61. The van der Waals surface area contributed by atoms with Crippen molar-refractivity contribution in [3.05, 3.63) is 39.9 Å². The zero-order chi connectivity index (χ0) is 13.0. The summed E-state index contributed by atoms with van der Waals surface area (Å²) in [6.07, 6.45) is 2.24. The van der Waals surface area contributed by atoms with Gasteiger partial charge in [-0.15, -0.1) is 0 Å². The maximum atomic E-state index is 9.61. The normalized spacial score (nSPS) is 10.8. The van der Waals surface area contributed by atoms with Crippen LogP contribution in [-0.4, -0.2) is 14.7 Å². The molecule has 1 N–H and O–H groups in total. The van der Waals surface area contributed by atoms with Crippen LogP contribution in [0.4, 0.5) is 0 Å². The molecule has 0 spiro atoms. The second-order valence-corrected chi connectivity index (χ2v) is 5.17. The lowest BCUT2D eigenvalue weighted by atomic mass is 10.1. The van der Waals surface area contributed by atoms with E-state index in [1.54, 1.807) is 0 Å². The molecule has 4 heteroatoms. The van der Waals surface area contributed by atoms with Crippen molar-refractivity contribution < 1.29 is 5.11 Å². The van der Waals surface area contributed by atoms with Gasteiger partial charge in [0.05, 0.1) is 18.0 Å². The molecule has 18 heavy (non-hydrogen) atoms. The van der Waals surface area contributed by atoms with Crippen LogP contribution in [0.2, 0.25) is 0 Å². The third kappa shape index (κ3) is 2.75. The summed E-state index contributed by atoms with van der Waals surface area (Å²) in [5.74, 6) is 0. The van der Waals surface area contributed by atoms with E-state index in [0.29, 0.717) is 0 Å². The first kappa shape index (κ1) is 13.5. The highest BCUT2D eigenvalue weighted by Gasteiger charge is 2.15. The summed E-state index contributed by atoms with van der Waals surface area (Å²) in [7, 11) is 0. The molecule has 0 fully saturated rings. The minimum Gasteiger partial charge on any atom is -0.390 e. The maximum Gasteiger partial charge on any atom is 0.172 e. The molecule has 1 aromatic carbocycles. The van der Waals surface area contributed by atoms with Crippen LogP contribution in [-0.2, 0) is 13.2 Å². The summed E-state index contributed by atoms with van der Waals surface area (Å²) >= 11 is 2.24. The lowest BCUT2D eigenvalue weighted by molar-refractivity contribution is 0.270.